The van der Waals surface area contributed by atoms with E-state index < -0.39 is 23.4 Å². The lowest BCUT2D eigenvalue weighted by molar-refractivity contribution is -0.132. The molecule has 238 valence electrons. The van der Waals surface area contributed by atoms with Gasteiger partial charge in [-0.3, -0.25) is 29.0 Å². The third-order valence-electron chi connectivity index (χ3n) is 7.61. The van der Waals surface area contributed by atoms with Crippen LogP contribution in [0.25, 0.3) is 11.4 Å². The Kier molecular flexibility index (Phi) is 9.61. The monoisotopic (exact) mass is 710 g/mol. The zero-order valence-corrected chi connectivity index (χ0v) is 28.1. The summed E-state index contributed by atoms with van der Waals surface area (Å²) in [5, 5.41) is 7.52. The average Bonchev–Trinajstić information content (AvgIpc) is 3.45. The molecule has 2 heterocycles. The van der Waals surface area contributed by atoms with Crippen LogP contribution >= 0.6 is 47.6 Å². The minimum absolute atomic E-state index is 0.0497. The molecule has 0 aliphatic carbocycles. The van der Waals surface area contributed by atoms with Crippen molar-refractivity contribution in [2.45, 2.75) is 0 Å². The molecule has 2 aliphatic heterocycles. The molecule has 0 unspecified atom stereocenters. The molecule has 4 aromatic carbocycles. The summed E-state index contributed by atoms with van der Waals surface area (Å²) in [6.45, 7) is 0.386. The van der Waals surface area contributed by atoms with Gasteiger partial charge in [0.15, 0.2) is 0 Å². The minimum atomic E-state index is -0.761. The first kappa shape index (κ1) is 32.9. The summed E-state index contributed by atoms with van der Waals surface area (Å²) in [4.78, 5) is 55.8. The molecule has 0 saturated carbocycles. The van der Waals surface area contributed by atoms with E-state index in [9.17, 15) is 19.2 Å². The number of anilines is 2. The van der Waals surface area contributed by atoms with Crippen molar-refractivity contribution in [1.29, 1.82) is 0 Å². The Morgan fingerprint density at radius 2 is 0.854 bits per heavy atom. The van der Waals surface area contributed by atoms with E-state index >= 15 is 0 Å². The third kappa shape index (κ3) is 6.31. The number of hydrogen-bond donors (Lipinski definition) is 2. The number of thiocarbonyl (C=S) groups is 2. The number of ketones is 2. The quantitative estimate of drug-likeness (QED) is 0.0920. The fourth-order valence-corrected chi connectivity index (χ4v) is 6.38. The molecule has 6 rings (SSSR count). The molecule has 2 aliphatic rings. The minimum Gasteiger partial charge on any atom is -0.382 e. The highest BCUT2D eigenvalue weighted by atomic mass is 35.5. The van der Waals surface area contributed by atoms with Gasteiger partial charge in [0.2, 0.25) is 0 Å². The lowest BCUT2D eigenvalue weighted by Gasteiger charge is -2.19. The molecule has 0 bridgehead atoms. The normalized spacial score (nSPS) is 17.0. The topological polar surface area (TPSA) is 98.8 Å². The predicted octanol–water partition coefficient (Wildman–Crippen LogP) is 6.18. The molecule has 2 fully saturated rings. The molecular formula is C36H24Cl2N4O4S2. The van der Waals surface area contributed by atoms with Crippen LogP contribution in [0.5, 0.6) is 0 Å². The van der Waals surface area contributed by atoms with Crippen molar-refractivity contribution in [2.75, 3.05) is 22.9 Å². The van der Waals surface area contributed by atoms with Gasteiger partial charge in [-0.2, -0.15) is 0 Å². The number of Topliss-reactive ketones (excluding diaryl/α,β-unsaturated/α-hetero) is 2. The van der Waals surface area contributed by atoms with E-state index in [1.165, 1.54) is 9.80 Å². The van der Waals surface area contributed by atoms with Crippen molar-refractivity contribution >= 4 is 104 Å². The zero-order chi connectivity index (χ0) is 33.9. The summed E-state index contributed by atoms with van der Waals surface area (Å²) in [5.41, 5.74) is 2.90. The van der Waals surface area contributed by atoms with Gasteiger partial charge >= 0.3 is 11.8 Å². The van der Waals surface area contributed by atoms with E-state index in [1.807, 2.05) is 0 Å². The van der Waals surface area contributed by atoms with Crippen molar-refractivity contribution in [3.8, 4) is 0 Å². The van der Waals surface area contributed by atoms with E-state index in [0.29, 0.717) is 43.9 Å². The van der Waals surface area contributed by atoms with Crippen molar-refractivity contribution in [1.82, 2.24) is 10.6 Å². The molecule has 12 heteroatoms. The Hall–Kier alpha value is -5.00. The molecule has 0 spiro atoms. The van der Waals surface area contributed by atoms with Crippen molar-refractivity contribution in [3.05, 3.63) is 142 Å². The Bertz CT molecular complexity index is 1900. The van der Waals surface area contributed by atoms with Gasteiger partial charge in [0, 0.05) is 23.1 Å². The molecule has 4 aromatic rings. The van der Waals surface area contributed by atoms with E-state index in [2.05, 4.69) is 10.6 Å². The number of nitrogens with one attached hydrogen (secondary N) is 2. The van der Waals surface area contributed by atoms with Crippen LogP contribution in [-0.2, 0) is 19.2 Å². The van der Waals surface area contributed by atoms with Gasteiger partial charge < -0.3 is 10.6 Å². The van der Waals surface area contributed by atoms with E-state index in [0.717, 1.165) is 0 Å². The van der Waals surface area contributed by atoms with E-state index in [4.69, 9.17) is 47.6 Å². The number of amides is 2. The number of nitrogens with zero attached hydrogens (tertiary/aromatic N) is 2. The molecule has 0 radical (unpaired) electrons. The number of carbonyl (C=O) groups excluding carboxylic acids is 4. The molecule has 2 saturated heterocycles. The first-order chi connectivity index (χ1) is 23.2. The molecule has 8 nitrogen and oxygen atoms in total. The summed E-state index contributed by atoms with van der Waals surface area (Å²) >= 11 is 23.7. The number of benzene rings is 4. The Balaban J connectivity index is 1.33. The summed E-state index contributed by atoms with van der Waals surface area (Å²) < 4.78 is 0. The Morgan fingerprint density at radius 1 is 0.521 bits per heavy atom. The van der Waals surface area contributed by atoms with Gasteiger partial charge in [0.05, 0.1) is 33.9 Å². The number of carbonyl (C=O) groups is 4. The van der Waals surface area contributed by atoms with Crippen LogP contribution in [0, 0.1) is 0 Å². The van der Waals surface area contributed by atoms with Gasteiger partial charge in [-0.15, -0.1) is 0 Å². The van der Waals surface area contributed by atoms with Crippen molar-refractivity contribution < 1.29 is 19.2 Å². The van der Waals surface area contributed by atoms with Gasteiger partial charge in [-0.25, -0.2) is 0 Å². The van der Waals surface area contributed by atoms with E-state index in [-0.39, 0.29) is 34.2 Å². The summed E-state index contributed by atoms with van der Waals surface area (Å²) in [7, 11) is 0. The Morgan fingerprint density at radius 3 is 1.19 bits per heavy atom. The number of hydrogen-bond acceptors (Lipinski definition) is 8. The zero-order valence-electron chi connectivity index (χ0n) is 24.9. The van der Waals surface area contributed by atoms with Crippen LogP contribution in [0.3, 0.4) is 0 Å². The SMILES string of the molecule is O=C1C(=O)N(c2ccccc2)C(=S)/C1=C(/NCCN/C(=C1\C(=O)C(=O)N(c2ccccc2)C1=S)c1ccc(Cl)cc1)c1ccc(Cl)cc1. The standard InChI is InChI=1S/C36H24Cl2N4O4S2/c37-23-15-11-21(12-16-23)29(27-31(43)33(45)41(35(27)47)25-7-3-1-4-8-25)39-19-20-40-30(22-13-17-24(38)18-14-22)28-32(44)34(46)42(36(28)48)26-9-5-2-6-10-26/h1-18,39-40H,19-20H2/b29-27+,30-28+. The van der Waals surface area contributed by atoms with Gasteiger partial charge in [0.25, 0.3) is 11.6 Å². The summed E-state index contributed by atoms with van der Waals surface area (Å²) in [5.74, 6) is -3.02. The fourth-order valence-electron chi connectivity index (χ4n) is 5.36. The first-order valence-corrected chi connectivity index (χ1v) is 16.2. The summed E-state index contributed by atoms with van der Waals surface area (Å²) in [6.07, 6.45) is 0. The second kappa shape index (κ2) is 14.0. The van der Waals surface area contributed by atoms with Crippen LogP contribution in [0.15, 0.2) is 120 Å². The lowest BCUT2D eigenvalue weighted by Crippen LogP contribution is -2.30. The molecule has 0 atom stereocenters. The average molecular weight is 712 g/mol. The highest BCUT2D eigenvalue weighted by Crippen LogP contribution is 2.32. The van der Waals surface area contributed by atoms with Gasteiger partial charge in [-0.05, 0) is 59.7 Å². The lowest BCUT2D eigenvalue weighted by atomic mass is 10.0. The molecule has 0 aromatic heterocycles. The van der Waals surface area contributed by atoms with E-state index in [1.54, 1.807) is 109 Å². The van der Waals surface area contributed by atoms with Crippen LogP contribution in [0.1, 0.15) is 11.1 Å². The van der Waals surface area contributed by atoms with Crippen LogP contribution in [0.4, 0.5) is 11.4 Å². The smallest absolute Gasteiger partial charge is 0.304 e. The summed E-state index contributed by atoms with van der Waals surface area (Å²) in [6, 6.07) is 31.0. The van der Waals surface area contributed by atoms with Crippen molar-refractivity contribution in [2.24, 2.45) is 0 Å². The van der Waals surface area contributed by atoms with Crippen LogP contribution in [-0.4, -0.2) is 46.4 Å². The number of para-hydroxylation sites is 2. The van der Waals surface area contributed by atoms with Gasteiger partial charge in [-0.1, -0.05) is 108 Å². The number of halogens is 2. The first-order valence-electron chi connectivity index (χ1n) is 14.6. The Labute approximate surface area is 296 Å². The number of rotatable bonds is 9. The largest absolute Gasteiger partial charge is 0.382 e. The highest BCUT2D eigenvalue weighted by Gasteiger charge is 2.43. The van der Waals surface area contributed by atoms with Gasteiger partial charge in [0.1, 0.15) is 9.98 Å². The molecule has 2 amide bonds. The van der Waals surface area contributed by atoms with Crippen molar-refractivity contribution in [3.63, 3.8) is 0 Å². The highest BCUT2D eigenvalue weighted by molar-refractivity contribution is 7.81. The maximum Gasteiger partial charge on any atom is 0.304 e. The molecular weight excluding hydrogens is 687 g/mol. The second-order valence-electron chi connectivity index (χ2n) is 10.6. The molecule has 48 heavy (non-hydrogen) atoms. The van der Waals surface area contributed by atoms with Crippen LogP contribution in [0.2, 0.25) is 10.0 Å². The molecule has 2 N–H and O–H groups in total. The third-order valence-corrected chi connectivity index (χ3v) is 8.88. The maximum absolute atomic E-state index is 13.4. The van der Waals surface area contributed by atoms with Crippen LogP contribution < -0.4 is 20.4 Å². The second-order valence-corrected chi connectivity index (χ2v) is 12.2. The predicted molar refractivity (Wildman–Crippen MR) is 196 cm³/mol. The fraction of sp³-hybridized carbons (Fsp3) is 0.0556. The maximum atomic E-state index is 13.4.